The van der Waals surface area contributed by atoms with E-state index in [0.717, 1.165) is 33.0 Å². The summed E-state index contributed by atoms with van der Waals surface area (Å²) < 4.78 is 2.24. The molecule has 0 spiro atoms. The number of nitriles is 1. The predicted molar refractivity (Wildman–Crippen MR) is 201 cm³/mol. The molecular formula is C44H29N3Si. The Morgan fingerprint density at radius 3 is 1.48 bits per heavy atom. The van der Waals surface area contributed by atoms with Crippen LogP contribution >= 0.6 is 0 Å². The minimum absolute atomic E-state index is 0.566. The van der Waals surface area contributed by atoms with Crippen molar-refractivity contribution in [3.8, 4) is 22.9 Å². The fourth-order valence-corrected chi connectivity index (χ4v) is 12.1. The van der Waals surface area contributed by atoms with Crippen molar-refractivity contribution in [2.45, 2.75) is 0 Å². The Kier molecular flexibility index (Phi) is 7.27. The third kappa shape index (κ3) is 4.72. The first kappa shape index (κ1) is 29.0. The number of para-hydroxylation sites is 2. The maximum atomic E-state index is 10.3. The molecule has 0 saturated carbocycles. The van der Waals surface area contributed by atoms with Gasteiger partial charge in [-0.3, -0.25) is 0 Å². The monoisotopic (exact) mass is 627 g/mol. The molecule has 0 unspecified atom stereocenters. The molecule has 8 rings (SSSR count). The van der Waals surface area contributed by atoms with E-state index >= 15 is 0 Å². The van der Waals surface area contributed by atoms with Gasteiger partial charge < -0.3 is 4.57 Å². The summed E-state index contributed by atoms with van der Waals surface area (Å²) in [6, 6.07) is 63.8. The van der Waals surface area contributed by atoms with Crippen LogP contribution in [0.25, 0.3) is 43.5 Å². The molecule has 0 aliphatic heterocycles. The first-order valence-electron chi connectivity index (χ1n) is 15.9. The van der Waals surface area contributed by atoms with Crippen LogP contribution in [0.2, 0.25) is 0 Å². The van der Waals surface area contributed by atoms with Crippen molar-refractivity contribution in [3.05, 3.63) is 193 Å². The molecule has 1 heterocycles. The van der Waals surface area contributed by atoms with Crippen molar-refractivity contribution >= 4 is 56.3 Å². The summed E-state index contributed by atoms with van der Waals surface area (Å²) in [4.78, 5) is 4.01. The van der Waals surface area contributed by atoms with E-state index in [1.165, 1.54) is 26.3 Å². The van der Waals surface area contributed by atoms with Crippen LogP contribution in [-0.2, 0) is 0 Å². The molecule has 8 aromatic rings. The van der Waals surface area contributed by atoms with Gasteiger partial charge in [-0.2, -0.15) is 5.26 Å². The van der Waals surface area contributed by atoms with Gasteiger partial charge in [0.1, 0.15) is 0 Å². The molecule has 0 atom stereocenters. The molecule has 3 nitrogen and oxygen atoms in total. The Labute approximate surface area is 281 Å². The third-order valence-corrected chi connectivity index (χ3v) is 14.1. The van der Waals surface area contributed by atoms with E-state index in [1.54, 1.807) is 0 Å². The highest BCUT2D eigenvalue weighted by Crippen LogP contribution is 2.34. The van der Waals surface area contributed by atoms with Crippen LogP contribution in [0.1, 0.15) is 5.56 Å². The van der Waals surface area contributed by atoms with Crippen LogP contribution < -0.4 is 20.7 Å². The zero-order valence-electron chi connectivity index (χ0n) is 26.1. The van der Waals surface area contributed by atoms with Gasteiger partial charge in [0.25, 0.3) is 0 Å². The number of fused-ring (bicyclic) bond motifs is 3. The minimum Gasteiger partial charge on any atom is -0.309 e. The van der Waals surface area contributed by atoms with E-state index in [4.69, 9.17) is 6.57 Å². The number of nitrogens with zero attached hydrogens (tertiary/aromatic N) is 3. The Bertz CT molecular complexity index is 2370. The van der Waals surface area contributed by atoms with Gasteiger partial charge >= 0.3 is 0 Å². The van der Waals surface area contributed by atoms with Gasteiger partial charge in [0.2, 0.25) is 0 Å². The Morgan fingerprint density at radius 1 is 0.500 bits per heavy atom. The molecular weight excluding hydrogens is 599 g/mol. The maximum absolute atomic E-state index is 10.3. The fraction of sp³-hybridized carbons (Fsp3) is 0. The van der Waals surface area contributed by atoms with Gasteiger partial charge in [-0.1, -0.05) is 145 Å². The van der Waals surface area contributed by atoms with Crippen molar-refractivity contribution in [3.63, 3.8) is 0 Å². The SMILES string of the molecule is [C-]#[N+]c1cc(-c2cc(C#N)cc(-n3c4ccccc4c4ccccc43)c2)cc([Si](c2ccccc2)(c2ccccc2)c2ccccc2)c1. The zero-order chi connectivity index (χ0) is 32.5. The second kappa shape index (κ2) is 12.0. The fourth-order valence-electron chi connectivity index (χ4n) is 7.30. The molecule has 4 heteroatoms. The molecule has 0 fully saturated rings. The van der Waals surface area contributed by atoms with Gasteiger partial charge in [-0.15, -0.1) is 0 Å². The summed E-state index contributed by atoms with van der Waals surface area (Å²) in [5, 5.41) is 17.5. The molecule has 0 aliphatic carbocycles. The van der Waals surface area contributed by atoms with Crippen LogP contribution in [0.3, 0.4) is 0 Å². The smallest absolute Gasteiger partial charge is 0.187 e. The lowest BCUT2D eigenvalue weighted by Gasteiger charge is -2.35. The molecule has 48 heavy (non-hydrogen) atoms. The zero-order valence-corrected chi connectivity index (χ0v) is 27.1. The lowest BCUT2D eigenvalue weighted by Crippen LogP contribution is -2.74. The average Bonchev–Trinajstić information content (AvgIpc) is 3.50. The van der Waals surface area contributed by atoms with Gasteiger partial charge in [0.05, 0.1) is 29.2 Å². The van der Waals surface area contributed by atoms with Crippen molar-refractivity contribution in [1.82, 2.24) is 4.57 Å². The average molecular weight is 628 g/mol. The van der Waals surface area contributed by atoms with E-state index in [1.807, 2.05) is 18.2 Å². The maximum Gasteiger partial charge on any atom is 0.187 e. The first-order valence-corrected chi connectivity index (χ1v) is 17.9. The summed E-state index contributed by atoms with van der Waals surface area (Å²) in [5.41, 5.74) is 6.03. The summed E-state index contributed by atoms with van der Waals surface area (Å²) in [5.74, 6) is 0. The Morgan fingerprint density at radius 2 is 0.979 bits per heavy atom. The molecule has 0 N–H and O–H groups in total. The minimum atomic E-state index is -2.89. The molecule has 0 saturated heterocycles. The lowest BCUT2D eigenvalue weighted by molar-refractivity contribution is 1.18. The van der Waals surface area contributed by atoms with E-state index in [-0.39, 0.29) is 0 Å². The molecule has 0 amide bonds. The normalized spacial score (nSPS) is 11.3. The summed E-state index contributed by atoms with van der Waals surface area (Å²) in [6.07, 6.45) is 0. The Hall–Kier alpha value is -6.46. The topological polar surface area (TPSA) is 33.1 Å². The highest BCUT2D eigenvalue weighted by molar-refractivity contribution is 7.20. The summed E-state index contributed by atoms with van der Waals surface area (Å²) >= 11 is 0. The van der Waals surface area contributed by atoms with Gasteiger partial charge in [0.15, 0.2) is 13.8 Å². The quantitative estimate of drug-likeness (QED) is 0.104. The van der Waals surface area contributed by atoms with E-state index in [2.05, 4.69) is 173 Å². The predicted octanol–water partition coefficient (Wildman–Crippen LogP) is 8.25. The number of aromatic nitrogens is 1. The summed E-state index contributed by atoms with van der Waals surface area (Å²) in [6.45, 7) is 8.22. The van der Waals surface area contributed by atoms with Crippen molar-refractivity contribution in [2.75, 3.05) is 0 Å². The highest BCUT2D eigenvalue weighted by atomic mass is 28.3. The first-order chi connectivity index (χ1) is 23.7. The molecule has 224 valence electrons. The molecule has 7 aromatic carbocycles. The van der Waals surface area contributed by atoms with Gasteiger partial charge in [-0.05, 0) is 63.1 Å². The molecule has 0 radical (unpaired) electrons. The van der Waals surface area contributed by atoms with Crippen LogP contribution in [-0.4, -0.2) is 12.6 Å². The molecule has 0 bridgehead atoms. The van der Waals surface area contributed by atoms with Gasteiger partial charge in [-0.25, -0.2) is 4.85 Å². The summed E-state index contributed by atoms with van der Waals surface area (Å²) in [7, 11) is -2.89. The Balaban J connectivity index is 1.43. The van der Waals surface area contributed by atoms with Gasteiger partial charge in [0, 0.05) is 16.5 Å². The number of hydrogen-bond acceptors (Lipinski definition) is 1. The second-order valence-electron chi connectivity index (χ2n) is 12.0. The van der Waals surface area contributed by atoms with Crippen molar-refractivity contribution in [2.24, 2.45) is 0 Å². The third-order valence-electron chi connectivity index (χ3n) is 9.32. The lowest BCUT2D eigenvalue weighted by atomic mass is 10.0. The molecule has 0 aliphatic rings. The van der Waals surface area contributed by atoms with Crippen LogP contribution in [0.15, 0.2) is 176 Å². The van der Waals surface area contributed by atoms with Crippen LogP contribution in [0.5, 0.6) is 0 Å². The van der Waals surface area contributed by atoms with Crippen molar-refractivity contribution in [1.29, 1.82) is 5.26 Å². The van der Waals surface area contributed by atoms with E-state index in [0.29, 0.717) is 11.3 Å². The molecule has 1 aromatic heterocycles. The number of benzene rings is 7. The standard InChI is InChI=1S/C44H29N3Si/c1-46-35-27-34(33-25-32(31-45)26-36(28-33)47-43-23-13-11-21-41(43)42-22-12-14-24-44(42)47)29-40(30-35)48(37-15-5-2-6-16-37,38-17-7-3-8-18-38)39-19-9-4-10-20-39/h2-30H. The van der Waals surface area contributed by atoms with Crippen LogP contribution in [0, 0.1) is 17.9 Å². The second-order valence-corrected chi connectivity index (χ2v) is 15.8. The van der Waals surface area contributed by atoms with E-state index < -0.39 is 8.07 Å². The highest BCUT2D eigenvalue weighted by Gasteiger charge is 2.41. The van der Waals surface area contributed by atoms with E-state index in [9.17, 15) is 5.26 Å². The van der Waals surface area contributed by atoms with Crippen molar-refractivity contribution < 1.29 is 0 Å². The largest absolute Gasteiger partial charge is 0.309 e. The van der Waals surface area contributed by atoms with Crippen LogP contribution in [0.4, 0.5) is 5.69 Å². The number of hydrogen-bond donors (Lipinski definition) is 0. The number of rotatable bonds is 6.